The molecule has 5 heteroatoms. The zero-order chi connectivity index (χ0) is 20.4. The number of benzene rings is 3. The number of nitrogens with one attached hydrogen (secondary N) is 1. The number of hydrogen-bond donors (Lipinski definition) is 1. The molecule has 1 N–H and O–H groups in total. The van der Waals surface area contributed by atoms with Gasteiger partial charge < -0.3 is 15.0 Å². The van der Waals surface area contributed by atoms with Crippen LogP contribution in [-0.2, 0) is 9.59 Å². The second-order valence-electron chi connectivity index (χ2n) is 7.38. The summed E-state index contributed by atoms with van der Waals surface area (Å²) in [6.07, 6.45) is 1.46. The molecule has 2 amide bonds. The summed E-state index contributed by atoms with van der Waals surface area (Å²) in [7, 11) is 1.65. The van der Waals surface area contributed by atoms with Crippen LogP contribution in [-0.4, -0.2) is 25.5 Å². The predicted octanol–water partition coefficient (Wildman–Crippen LogP) is 4.72. The predicted molar refractivity (Wildman–Crippen MR) is 116 cm³/mol. The molecule has 1 aliphatic heterocycles. The molecule has 3 aromatic carbocycles. The molecule has 5 nitrogen and oxygen atoms in total. The second-order valence-corrected chi connectivity index (χ2v) is 7.38. The lowest BCUT2D eigenvalue weighted by atomic mass is 9.97. The third-order valence-electron chi connectivity index (χ3n) is 5.46. The molecule has 1 saturated heterocycles. The Morgan fingerprint density at radius 1 is 1.07 bits per heavy atom. The van der Waals surface area contributed by atoms with E-state index < -0.39 is 0 Å². The van der Waals surface area contributed by atoms with Gasteiger partial charge in [0.25, 0.3) is 0 Å². The van der Waals surface area contributed by atoms with Crippen LogP contribution in [0.5, 0.6) is 5.75 Å². The van der Waals surface area contributed by atoms with Crippen LogP contribution in [0.2, 0.25) is 0 Å². The Morgan fingerprint density at radius 3 is 2.62 bits per heavy atom. The van der Waals surface area contributed by atoms with Gasteiger partial charge in [0.2, 0.25) is 11.8 Å². The molecule has 0 unspecified atom stereocenters. The van der Waals surface area contributed by atoms with E-state index in [4.69, 9.17) is 4.74 Å². The zero-order valence-electron chi connectivity index (χ0n) is 16.6. The van der Waals surface area contributed by atoms with E-state index in [2.05, 4.69) is 5.32 Å². The van der Waals surface area contributed by atoms with Gasteiger partial charge >= 0.3 is 0 Å². The number of nitrogens with zero attached hydrogens (tertiary/aromatic N) is 1. The number of ether oxygens (including phenoxy) is 1. The number of methoxy groups -OCH3 is 1. The molecule has 4 rings (SSSR count). The van der Waals surface area contributed by atoms with Crippen molar-refractivity contribution in [1.82, 2.24) is 0 Å². The molecule has 1 fully saturated rings. The van der Waals surface area contributed by atoms with E-state index in [1.807, 2.05) is 67.6 Å². The highest BCUT2D eigenvalue weighted by atomic mass is 16.5. The van der Waals surface area contributed by atoms with E-state index in [0.29, 0.717) is 12.1 Å². The highest BCUT2D eigenvalue weighted by molar-refractivity contribution is 5.99. The number of rotatable bonds is 5. The number of anilines is 2. The quantitative estimate of drug-likeness (QED) is 0.688. The molecule has 148 valence electrons. The van der Waals surface area contributed by atoms with Crippen LogP contribution < -0.4 is 15.0 Å². The van der Waals surface area contributed by atoms with Crippen molar-refractivity contribution in [2.24, 2.45) is 0 Å². The van der Waals surface area contributed by atoms with E-state index >= 15 is 0 Å². The number of hydrogen-bond acceptors (Lipinski definition) is 3. The molecule has 0 spiro atoms. The first-order valence-corrected chi connectivity index (χ1v) is 9.84. The number of fused-ring (bicyclic) bond motifs is 1. The Labute approximate surface area is 170 Å². The Bertz CT molecular complexity index is 1080. The monoisotopic (exact) mass is 388 g/mol. The fourth-order valence-electron chi connectivity index (χ4n) is 3.71. The first kappa shape index (κ1) is 19.0. The van der Waals surface area contributed by atoms with Crippen LogP contribution in [0, 0.1) is 0 Å². The summed E-state index contributed by atoms with van der Waals surface area (Å²) in [6.45, 7) is 2.63. The summed E-state index contributed by atoms with van der Waals surface area (Å²) in [5, 5.41) is 5.13. The Morgan fingerprint density at radius 2 is 1.86 bits per heavy atom. The first-order chi connectivity index (χ1) is 14.0. The second kappa shape index (κ2) is 7.95. The van der Waals surface area contributed by atoms with Crippen LogP contribution in [0.4, 0.5) is 11.4 Å². The van der Waals surface area contributed by atoms with Crippen LogP contribution >= 0.6 is 0 Å². The molecule has 0 saturated carbocycles. The third kappa shape index (κ3) is 3.94. The van der Waals surface area contributed by atoms with Gasteiger partial charge in [0, 0.05) is 24.3 Å². The lowest BCUT2D eigenvalue weighted by molar-refractivity contribution is -0.117. The molecule has 0 bridgehead atoms. The number of amides is 2. The van der Waals surface area contributed by atoms with Crippen LogP contribution in [0.25, 0.3) is 10.8 Å². The highest BCUT2D eigenvalue weighted by Gasteiger charge is 2.22. The van der Waals surface area contributed by atoms with Gasteiger partial charge in [-0.05, 0) is 60.0 Å². The minimum Gasteiger partial charge on any atom is -0.497 e. The number of carbonyl (C=O) groups excluding carboxylic acids is 2. The summed E-state index contributed by atoms with van der Waals surface area (Å²) in [5.74, 6) is 0.559. The minimum absolute atomic E-state index is 0.0808. The average molecular weight is 388 g/mol. The minimum atomic E-state index is -0.307. The summed E-state index contributed by atoms with van der Waals surface area (Å²) in [6, 6.07) is 19.4. The largest absolute Gasteiger partial charge is 0.497 e. The van der Waals surface area contributed by atoms with Gasteiger partial charge in [0.05, 0.1) is 13.0 Å². The van der Waals surface area contributed by atoms with Crippen LogP contribution in [0.15, 0.2) is 60.7 Å². The summed E-state index contributed by atoms with van der Waals surface area (Å²) in [4.78, 5) is 26.6. The Balaban J connectivity index is 1.51. The molecular formula is C24H24N2O3. The van der Waals surface area contributed by atoms with Crippen molar-refractivity contribution in [2.45, 2.75) is 25.7 Å². The zero-order valence-corrected chi connectivity index (χ0v) is 16.6. The van der Waals surface area contributed by atoms with E-state index in [9.17, 15) is 9.59 Å². The lowest BCUT2D eigenvalue weighted by Crippen LogP contribution is -2.24. The molecular weight excluding hydrogens is 364 g/mol. The van der Waals surface area contributed by atoms with Gasteiger partial charge in [-0.15, -0.1) is 0 Å². The topological polar surface area (TPSA) is 58.6 Å². The summed E-state index contributed by atoms with van der Waals surface area (Å²) >= 11 is 0. The van der Waals surface area contributed by atoms with Crippen molar-refractivity contribution < 1.29 is 14.3 Å². The van der Waals surface area contributed by atoms with E-state index in [-0.39, 0.29) is 17.7 Å². The maximum Gasteiger partial charge on any atom is 0.231 e. The Kier molecular flexibility index (Phi) is 5.21. The smallest absolute Gasteiger partial charge is 0.231 e. The fourth-order valence-corrected chi connectivity index (χ4v) is 3.71. The van der Waals surface area contributed by atoms with Gasteiger partial charge in [-0.3, -0.25) is 9.59 Å². The molecule has 1 aliphatic rings. The van der Waals surface area contributed by atoms with Crippen molar-refractivity contribution in [1.29, 1.82) is 0 Å². The van der Waals surface area contributed by atoms with E-state index in [1.54, 1.807) is 12.0 Å². The van der Waals surface area contributed by atoms with Gasteiger partial charge in [-0.25, -0.2) is 0 Å². The molecule has 1 atom stereocenters. The van der Waals surface area contributed by atoms with Crippen molar-refractivity contribution in [3.05, 3.63) is 66.2 Å². The first-order valence-electron chi connectivity index (χ1n) is 9.84. The summed E-state index contributed by atoms with van der Waals surface area (Å²) in [5.41, 5.74) is 2.48. The maximum atomic E-state index is 12.8. The van der Waals surface area contributed by atoms with Crippen molar-refractivity contribution in [3.8, 4) is 5.75 Å². The van der Waals surface area contributed by atoms with E-state index in [1.165, 1.54) is 0 Å². The van der Waals surface area contributed by atoms with Gasteiger partial charge in [0.1, 0.15) is 5.75 Å². The lowest BCUT2D eigenvalue weighted by Gasteiger charge is -2.18. The molecule has 0 aromatic heterocycles. The van der Waals surface area contributed by atoms with Gasteiger partial charge in [-0.2, -0.15) is 0 Å². The van der Waals surface area contributed by atoms with Crippen LogP contribution in [0.3, 0.4) is 0 Å². The average Bonchev–Trinajstić information content (AvgIpc) is 3.18. The standard InChI is InChI=1S/C24H24N2O3/c1-16(17-8-9-19-14-22(29-2)11-10-18(19)13-17)24(28)25-20-5-3-6-21(15-20)26-12-4-7-23(26)27/h3,5-6,8-11,13-16H,4,7,12H2,1-2H3,(H,25,28)/t16-/m0/s1. The maximum absolute atomic E-state index is 12.8. The van der Waals surface area contributed by atoms with Crippen molar-refractivity contribution >= 4 is 34.0 Å². The Hall–Kier alpha value is -3.34. The molecule has 1 heterocycles. The highest BCUT2D eigenvalue weighted by Crippen LogP contribution is 2.27. The third-order valence-corrected chi connectivity index (χ3v) is 5.46. The molecule has 29 heavy (non-hydrogen) atoms. The molecule has 3 aromatic rings. The number of carbonyl (C=O) groups is 2. The molecule has 0 radical (unpaired) electrons. The fraction of sp³-hybridized carbons (Fsp3) is 0.250. The molecule has 0 aliphatic carbocycles. The normalized spacial score (nSPS) is 14.8. The van der Waals surface area contributed by atoms with Crippen LogP contribution in [0.1, 0.15) is 31.2 Å². The summed E-state index contributed by atoms with van der Waals surface area (Å²) < 4.78 is 5.27. The van der Waals surface area contributed by atoms with Crippen molar-refractivity contribution in [2.75, 3.05) is 23.9 Å². The van der Waals surface area contributed by atoms with Gasteiger partial charge in [0.15, 0.2) is 0 Å². The van der Waals surface area contributed by atoms with Gasteiger partial charge in [-0.1, -0.05) is 30.3 Å². The van der Waals surface area contributed by atoms with E-state index in [0.717, 1.165) is 40.7 Å². The SMILES string of the molecule is COc1ccc2cc([C@H](C)C(=O)Nc3cccc(N4CCCC4=O)c3)ccc2c1. The van der Waals surface area contributed by atoms with Crippen molar-refractivity contribution in [3.63, 3.8) is 0 Å².